The van der Waals surface area contributed by atoms with E-state index in [2.05, 4.69) is 20.2 Å². The molecule has 0 spiro atoms. The van der Waals surface area contributed by atoms with Gasteiger partial charge in [0.05, 0.1) is 21.9 Å². The molecule has 0 bridgehead atoms. The second kappa shape index (κ2) is 9.07. The molecule has 4 rings (SSSR count). The molecule has 29 heavy (non-hydrogen) atoms. The lowest BCUT2D eigenvalue weighted by Crippen LogP contribution is -2.48. The van der Waals surface area contributed by atoms with Crippen LogP contribution in [0.3, 0.4) is 0 Å². The van der Waals surface area contributed by atoms with Crippen LogP contribution in [0.2, 0.25) is 5.02 Å². The van der Waals surface area contributed by atoms with Crippen molar-refractivity contribution < 1.29 is 9.21 Å². The first-order valence-corrected chi connectivity index (χ1v) is 10.9. The second-order valence-corrected chi connectivity index (χ2v) is 8.58. The van der Waals surface area contributed by atoms with Crippen LogP contribution in [0, 0.1) is 6.92 Å². The van der Waals surface area contributed by atoms with Gasteiger partial charge in [0.1, 0.15) is 0 Å². The number of oxazole rings is 1. The number of piperazine rings is 1. The van der Waals surface area contributed by atoms with Crippen molar-refractivity contribution in [2.24, 2.45) is 0 Å². The maximum absolute atomic E-state index is 12.6. The van der Waals surface area contributed by atoms with Gasteiger partial charge in [0.15, 0.2) is 11.7 Å². The Morgan fingerprint density at radius 3 is 2.76 bits per heavy atom. The predicted molar refractivity (Wildman–Crippen MR) is 114 cm³/mol. The molecule has 3 aromatic rings. The quantitative estimate of drug-likeness (QED) is 0.590. The lowest BCUT2D eigenvalue weighted by atomic mass is 10.2. The summed E-state index contributed by atoms with van der Waals surface area (Å²) in [6.07, 6.45) is 2.55. The summed E-state index contributed by atoms with van der Waals surface area (Å²) in [5, 5.41) is 3.83. The van der Waals surface area contributed by atoms with Crippen LogP contribution in [-0.2, 0) is 17.8 Å². The summed E-state index contributed by atoms with van der Waals surface area (Å²) in [5.74, 6) is 1.33. The number of nitrogens with zero attached hydrogens (tertiary/aromatic N) is 4. The van der Waals surface area contributed by atoms with Crippen molar-refractivity contribution in [3.05, 3.63) is 57.5 Å². The average Bonchev–Trinajstić information content (AvgIpc) is 3.36. The molecule has 1 aliphatic heterocycles. The molecule has 2 aromatic heterocycles. The normalized spacial score (nSPS) is 15.0. The minimum Gasteiger partial charge on any atom is -0.441 e. The molecule has 1 aliphatic rings. The topological polar surface area (TPSA) is 62.5 Å². The van der Waals surface area contributed by atoms with E-state index in [1.807, 2.05) is 36.1 Å². The van der Waals surface area contributed by atoms with Crippen molar-refractivity contribution in [3.8, 4) is 11.3 Å². The molecule has 1 aromatic carbocycles. The maximum Gasteiger partial charge on any atom is 0.223 e. The monoisotopic (exact) mass is 430 g/mol. The fourth-order valence-electron chi connectivity index (χ4n) is 3.45. The van der Waals surface area contributed by atoms with E-state index in [1.54, 1.807) is 17.5 Å². The highest BCUT2D eigenvalue weighted by Crippen LogP contribution is 2.28. The number of carbonyl (C=O) groups is 1. The van der Waals surface area contributed by atoms with Crippen LogP contribution in [0.15, 0.2) is 40.3 Å². The summed E-state index contributed by atoms with van der Waals surface area (Å²) in [7, 11) is 0. The summed E-state index contributed by atoms with van der Waals surface area (Å²) in [4.78, 5) is 25.7. The van der Waals surface area contributed by atoms with Gasteiger partial charge in [0.2, 0.25) is 5.91 Å². The van der Waals surface area contributed by atoms with Crippen LogP contribution < -0.4 is 0 Å². The molecule has 3 heterocycles. The highest BCUT2D eigenvalue weighted by molar-refractivity contribution is 7.09. The predicted octanol–water partition coefficient (Wildman–Crippen LogP) is 4.04. The molecular formula is C21H23ClN4O2S. The third-order valence-electron chi connectivity index (χ3n) is 5.02. The van der Waals surface area contributed by atoms with Crippen LogP contribution in [0.4, 0.5) is 0 Å². The molecule has 1 saturated heterocycles. The molecule has 1 amide bonds. The Morgan fingerprint density at radius 1 is 1.24 bits per heavy atom. The van der Waals surface area contributed by atoms with Gasteiger partial charge in [-0.3, -0.25) is 9.69 Å². The van der Waals surface area contributed by atoms with Crippen molar-refractivity contribution in [1.82, 2.24) is 19.8 Å². The maximum atomic E-state index is 12.6. The van der Waals surface area contributed by atoms with E-state index in [1.165, 1.54) is 0 Å². The highest BCUT2D eigenvalue weighted by Gasteiger charge is 2.22. The lowest BCUT2D eigenvalue weighted by molar-refractivity contribution is -0.133. The smallest absolute Gasteiger partial charge is 0.223 e. The second-order valence-electron chi connectivity index (χ2n) is 7.11. The number of aromatic nitrogens is 2. The number of thiazole rings is 1. The van der Waals surface area contributed by atoms with Gasteiger partial charge in [-0.05, 0) is 19.1 Å². The van der Waals surface area contributed by atoms with Crippen molar-refractivity contribution in [3.63, 3.8) is 0 Å². The zero-order valence-electron chi connectivity index (χ0n) is 16.3. The molecule has 0 N–H and O–H groups in total. The Kier molecular flexibility index (Phi) is 6.28. The molecule has 6 nitrogen and oxygen atoms in total. The number of aryl methyl sites for hydroxylation is 2. The van der Waals surface area contributed by atoms with E-state index in [-0.39, 0.29) is 5.91 Å². The largest absolute Gasteiger partial charge is 0.441 e. The summed E-state index contributed by atoms with van der Waals surface area (Å²) in [5.41, 5.74) is 1.93. The standard InChI is InChI=1S/C21H23ClN4O2S/c1-15-24-16(14-29-15)13-25-8-10-26(11-9-25)21(27)7-6-20-23-12-19(28-20)17-4-2-3-5-18(17)22/h2-5,12,14H,6-11,13H2,1H3. The SMILES string of the molecule is Cc1nc(CN2CCN(C(=O)CCc3ncc(-c4ccccc4Cl)o3)CC2)cs1. The minimum absolute atomic E-state index is 0.145. The van der Waals surface area contributed by atoms with Crippen molar-refractivity contribution in [2.45, 2.75) is 26.3 Å². The average molecular weight is 431 g/mol. The minimum atomic E-state index is 0.145. The Hall–Kier alpha value is -2.22. The molecule has 152 valence electrons. The molecule has 1 fully saturated rings. The van der Waals surface area contributed by atoms with Crippen molar-refractivity contribution in [2.75, 3.05) is 26.2 Å². The van der Waals surface area contributed by atoms with Crippen LogP contribution in [0.1, 0.15) is 23.0 Å². The van der Waals surface area contributed by atoms with E-state index in [9.17, 15) is 4.79 Å². The van der Waals surface area contributed by atoms with Gasteiger partial charge in [0, 0.05) is 56.5 Å². The number of amides is 1. The van der Waals surface area contributed by atoms with Crippen LogP contribution >= 0.6 is 22.9 Å². The van der Waals surface area contributed by atoms with Crippen LogP contribution in [0.5, 0.6) is 0 Å². The number of halogens is 1. The molecule has 8 heteroatoms. The fourth-order valence-corrected chi connectivity index (χ4v) is 4.28. The zero-order valence-corrected chi connectivity index (χ0v) is 17.9. The van der Waals surface area contributed by atoms with Crippen LogP contribution in [-0.4, -0.2) is 51.9 Å². The molecule has 0 radical (unpaired) electrons. The summed E-state index contributed by atoms with van der Waals surface area (Å²) >= 11 is 7.88. The van der Waals surface area contributed by atoms with E-state index in [4.69, 9.17) is 16.0 Å². The zero-order chi connectivity index (χ0) is 20.2. The van der Waals surface area contributed by atoms with Crippen molar-refractivity contribution >= 4 is 28.8 Å². The number of benzene rings is 1. The Bertz CT molecular complexity index is 978. The lowest BCUT2D eigenvalue weighted by Gasteiger charge is -2.34. The Labute approximate surface area is 179 Å². The molecule has 0 atom stereocenters. The molecule has 0 saturated carbocycles. The summed E-state index contributed by atoms with van der Waals surface area (Å²) < 4.78 is 5.79. The van der Waals surface area contributed by atoms with Gasteiger partial charge in [0.25, 0.3) is 0 Å². The third-order valence-corrected chi connectivity index (χ3v) is 6.17. The fraction of sp³-hybridized carbons (Fsp3) is 0.381. The van der Waals surface area contributed by atoms with E-state index >= 15 is 0 Å². The van der Waals surface area contributed by atoms with Gasteiger partial charge >= 0.3 is 0 Å². The molecule has 0 unspecified atom stereocenters. The van der Waals surface area contributed by atoms with Gasteiger partial charge in [-0.15, -0.1) is 11.3 Å². The van der Waals surface area contributed by atoms with Crippen LogP contribution in [0.25, 0.3) is 11.3 Å². The first-order chi connectivity index (χ1) is 14.1. The van der Waals surface area contributed by atoms with Gasteiger partial charge in [-0.25, -0.2) is 9.97 Å². The Morgan fingerprint density at radius 2 is 2.03 bits per heavy atom. The van der Waals surface area contributed by atoms with E-state index in [0.717, 1.165) is 49.0 Å². The van der Waals surface area contributed by atoms with E-state index < -0.39 is 0 Å². The highest BCUT2D eigenvalue weighted by atomic mass is 35.5. The summed E-state index contributed by atoms with van der Waals surface area (Å²) in [6, 6.07) is 7.49. The van der Waals surface area contributed by atoms with Gasteiger partial charge in [-0.2, -0.15) is 0 Å². The first kappa shape index (κ1) is 20.1. The number of carbonyl (C=O) groups excluding carboxylic acids is 1. The van der Waals surface area contributed by atoms with Crippen molar-refractivity contribution in [1.29, 1.82) is 0 Å². The third kappa shape index (κ3) is 5.04. The molecule has 0 aliphatic carbocycles. The number of rotatable bonds is 6. The Balaban J connectivity index is 1.25. The van der Waals surface area contributed by atoms with E-state index in [0.29, 0.717) is 29.5 Å². The van der Waals surface area contributed by atoms with Gasteiger partial charge < -0.3 is 9.32 Å². The number of hydrogen-bond donors (Lipinski definition) is 0. The summed E-state index contributed by atoms with van der Waals surface area (Å²) in [6.45, 7) is 6.12. The van der Waals surface area contributed by atoms with Gasteiger partial charge in [-0.1, -0.05) is 23.7 Å². The number of hydrogen-bond acceptors (Lipinski definition) is 6. The first-order valence-electron chi connectivity index (χ1n) is 9.69. The molecular weight excluding hydrogens is 408 g/mol.